The number of anilines is 2. The van der Waals surface area contributed by atoms with Crippen LogP contribution in [0.3, 0.4) is 0 Å². The number of hydrogen-bond acceptors (Lipinski definition) is 4. The molecule has 3 rings (SSSR count). The number of halogens is 4. The standard InChI is InChI=1S/C16H14F4N4O/c17-10-2-1-3-11(6-10)23-15-22-8-12(13(24-15)16(18,19)20)14(25)21-7-9-4-5-9/h1-3,6,8-9H,4-5,7H2,(H,21,25)(H,22,23,24). The maximum absolute atomic E-state index is 13.2. The van der Waals surface area contributed by atoms with Crippen LogP contribution in [0.4, 0.5) is 29.2 Å². The van der Waals surface area contributed by atoms with E-state index < -0.39 is 29.2 Å². The van der Waals surface area contributed by atoms with Crippen molar-refractivity contribution in [3.63, 3.8) is 0 Å². The van der Waals surface area contributed by atoms with E-state index in [0.29, 0.717) is 12.5 Å². The van der Waals surface area contributed by atoms with Crippen molar-refractivity contribution < 1.29 is 22.4 Å². The number of nitrogens with one attached hydrogen (secondary N) is 2. The largest absolute Gasteiger partial charge is 0.434 e. The predicted octanol–water partition coefficient (Wildman–Crippen LogP) is 3.52. The highest BCUT2D eigenvalue weighted by Crippen LogP contribution is 2.32. The van der Waals surface area contributed by atoms with Crippen LogP contribution in [-0.4, -0.2) is 22.4 Å². The lowest BCUT2D eigenvalue weighted by molar-refractivity contribution is -0.141. The number of nitrogens with zero attached hydrogens (tertiary/aromatic N) is 2. The first-order chi connectivity index (χ1) is 11.8. The number of benzene rings is 1. The van der Waals surface area contributed by atoms with Crippen LogP contribution < -0.4 is 10.6 Å². The normalized spacial score (nSPS) is 14.2. The van der Waals surface area contributed by atoms with Crippen molar-refractivity contribution in [2.45, 2.75) is 19.0 Å². The molecular formula is C16H14F4N4O. The van der Waals surface area contributed by atoms with Gasteiger partial charge in [-0.05, 0) is 37.0 Å². The Morgan fingerprint density at radius 3 is 2.68 bits per heavy atom. The summed E-state index contributed by atoms with van der Waals surface area (Å²) in [6, 6.07) is 5.13. The molecule has 0 radical (unpaired) electrons. The third kappa shape index (κ3) is 4.43. The molecule has 132 valence electrons. The molecule has 25 heavy (non-hydrogen) atoms. The van der Waals surface area contributed by atoms with E-state index in [4.69, 9.17) is 0 Å². The number of hydrogen-bond donors (Lipinski definition) is 2. The first-order valence-corrected chi connectivity index (χ1v) is 7.58. The third-order valence-electron chi connectivity index (χ3n) is 3.63. The van der Waals surface area contributed by atoms with Crippen LogP contribution in [-0.2, 0) is 6.18 Å². The van der Waals surface area contributed by atoms with Crippen LogP contribution >= 0.6 is 0 Å². The molecule has 5 nitrogen and oxygen atoms in total. The van der Waals surface area contributed by atoms with E-state index >= 15 is 0 Å². The minimum atomic E-state index is -4.83. The molecule has 1 aliphatic rings. The molecule has 1 amide bonds. The van der Waals surface area contributed by atoms with Gasteiger partial charge in [0.15, 0.2) is 5.69 Å². The summed E-state index contributed by atoms with van der Waals surface area (Å²) in [6.07, 6.45) is -2.09. The second kappa shape index (κ2) is 6.66. The fraction of sp³-hybridized carbons (Fsp3) is 0.312. The Morgan fingerprint density at radius 2 is 2.04 bits per heavy atom. The lowest BCUT2D eigenvalue weighted by Gasteiger charge is -2.13. The Hall–Kier alpha value is -2.71. The molecule has 1 heterocycles. The van der Waals surface area contributed by atoms with E-state index in [1.165, 1.54) is 18.2 Å². The van der Waals surface area contributed by atoms with Gasteiger partial charge in [-0.3, -0.25) is 4.79 Å². The van der Waals surface area contributed by atoms with Crippen molar-refractivity contribution in [3.8, 4) is 0 Å². The minimum Gasteiger partial charge on any atom is -0.352 e. The van der Waals surface area contributed by atoms with Gasteiger partial charge in [-0.15, -0.1) is 0 Å². The molecule has 0 unspecified atom stereocenters. The highest BCUT2D eigenvalue weighted by Gasteiger charge is 2.38. The summed E-state index contributed by atoms with van der Waals surface area (Å²) in [7, 11) is 0. The van der Waals surface area contributed by atoms with E-state index in [1.54, 1.807) is 0 Å². The molecule has 0 saturated heterocycles. The first kappa shape index (κ1) is 17.1. The van der Waals surface area contributed by atoms with E-state index in [0.717, 1.165) is 25.1 Å². The summed E-state index contributed by atoms with van der Waals surface area (Å²) in [5.74, 6) is -1.47. The molecule has 0 atom stereocenters. The summed E-state index contributed by atoms with van der Waals surface area (Å²) in [5, 5.41) is 4.95. The molecular weight excluding hydrogens is 340 g/mol. The van der Waals surface area contributed by atoms with Gasteiger partial charge in [0.1, 0.15) is 5.82 Å². The van der Waals surface area contributed by atoms with E-state index in [9.17, 15) is 22.4 Å². The van der Waals surface area contributed by atoms with Gasteiger partial charge in [-0.1, -0.05) is 6.07 Å². The fourth-order valence-electron chi connectivity index (χ4n) is 2.17. The maximum atomic E-state index is 13.2. The molecule has 2 N–H and O–H groups in total. The zero-order chi connectivity index (χ0) is 18.0. The molecule has 1 aromatic heterocycles. The summed E-state index contributed by atoms with van der Waals surface area (Å²) < 4.78 is 52.9. The van der Waals surface area contributed by atoms with E-state index in [1.807, 2.05) is 0 Å². The van der Waals surface area contributed by atoms with Crippen molar-refractivity contribution in [2.24, 2.45) is 5.92 Å². The zero-order valence-electron chi connectivity index (χ0n) is 12.9. The van der Waals surface area contributed by atoms with Gasteiger partial charge in [0, 0.05) is 18.4 Å². The second-order valence-corrected chi connectivity index (χ2v) is 5.74. The van der Waals surface area contributed by atoms with Crippen molar-refractivity contribution >= 4 is 17.5 Å². The van der Waals surface area contributed by atoms with Gasteiger partial charge >= 0.3 is 6.18 Å². The summed E-state index contributed by atoms with van der Waals surface area (Å²) in [4.78, 5) is 19.1. The number of carbonyl (C=O) groups excluding carboxylic acids is 1. The van der Waals surface area contributed by atoms with Gasteiger partial charge in [-0.2, -0.15) is 13.2 Å². The lowest BCUT2D eigenvalue weighted by Crippen LogP contribution is -2.29. The zero-order valence-corrected chi connectivity index (χ0v) is 12.9. The topological polar surface area (TPSA) is 66.9 Å². The molecule has 1 aliphatic carbocycles. The average molecular weight is 354 g/mol. The number of amides is 1. The number of carbonyl (C=O) groups is 1. The molecule has 0 aliphatic heterocycles. The molecule has 1 fully saturated rings. The third-order valence-corrected chi connectivity index (χ3v) is 3.63. The molecule has 0 spiro atoms. The number of rotatable bonds is 5. The predicted molar refractivity (Wildman–Crippen MR) is 81.8 cm³/mol. The van der Waals surface area contributed by atoms with Crippen molar-refractivity contribution in [3.05, 3.63) is 47.5 Å². The number of alkyl halides is 3. The highest BCUT2D eigenvalue weighted by atomic mass is 19.4. The van der Waals surface area contributed by atoms with E-state index in [2.05, 4.69) is 20.6 Å². The van der Waals surface area contributed by atoms with Gasteiger partial charge in [-0.25, -0.2) is 14.4 Å². The molecule has 1 aromatic carbocycles. The molecule has 9 heteroatoms. The molecule has 0 bridgehead atoms. The average Bonchev–Trinajstić information content (AvgIpc) is 3.36. The first-order valence-electron chi connectivity index (χ1n) is 7.58. The van der Waals surface area contributed by atoms with Crippen LogP contribution in [0.25, 0.3) is 0 Å². The quantitative estimate of drug-likeness (QED) is 0.807. The SMILES string of the molecule is O=C(NCC1CC1)c1cnc(Nc2cccc(F)c2)nc1C(F)(F)F. The Bertz CT molecular complexity index is 790. The Morgan fingerprint density at radius 1 is 1.28 bits per heavy atom. The fourth-order valence-corrected chi connectivity index (χ4v) is 2.17. The lowest BCUT2D eigenvalue weighted by atomic mass is 10.2. The van der Waals surface area contributed by atoms with E-state index in [-0.39, 0.29) is 11.6 Å². The second-order valence-electron chi connectivity index (χ2n) is 5.74. The van der Waals surface area contributed by atoms with Crippen molar-refractivity contribution in [1.82, 2.24) is 15.3 Å². The monoisotopic (exact) mass is 354 g/mol. The van der Waals surface area contributed by atoms with Crippen LogP contribution in [0.1, 0.15) is 28.9 Å². The maximum Gasteiger partial charge on any atom is 0.434 e. The smallest absolute Gasteiger partial charge is 0.352 e. The van der Waals surface area contributed by atoms with Crippen LogP contribution in [0.15, 0.2) is 30.5 Å². The van der Waals surface area contributed by atoms with Crippen LogP contribution in [0.5, 0.6) is 0 Å². The Balaban J connectivity index is 1.85. The summed E-state index contributed by atoms with van der Waals surface area (Å²) in [5.41, 5.74) is -1.79. The van der Waals surface area contributed by atoms with Gasteiger partial charge in [0.05, 0.1) is 5.56 Å². The van der Waals surface area contributed by atoms with Crippen molar-refractivity contribution in [1.29, 1.82) is 0 Å². The Kier molecular flexibility index (Phi) is 4.56. The Labute approximate surface area is 140 Å². The van der Waals surface area contributed by atoms with Crippen LogP contribution in [0, 0.1) is 11.7 Å². The van der Waals surface area contributed by atoms with Gasteiger partial charge < -0.3 is 10.6 Å². The highest BCUT2D eigenvalue weighted by molar-refractivity contribution is 5.95. The van der Waals surface area contributed by atoms with Gasteiger partial charge in [0.2, 0.25) is 5.95 Å². The van der Waals surface area contributed by atoms with Gasteiger partial charge in [0.25, 0.3) is 5.91 Å². The summed E-state index contributed by atoms with van der Waals surface area (Å²) in [6.45, 7) is 0.333. The van der Waals surface area contributed by atoms with Crippen molar-refractivity contribution in [2.75, 3.05) is 11.9 Å². The molecule has 2 aromatic rings. The van der Waals surface area contributed by atoms with Crippen LogP contribution in [0.2, 0.25) is 0 Å². The number of aromatic nitrogens is 2. The summed E-state index contributed by atoms with van der Waals surface area (Å²) >= 11 is 0. The molecule has 1 saturated carbocycles. The minimum absolute atomic E-state index is 0.194.